The van der Waals surface area contributed by atoms with Crippen LogP contribution >= 0.6 is 0 Å². The summed E-state index contributed by atoms with van der Waals surface area (Å²) in [5, 5.41) is 2.75. The van der Waals surface area contributed by atoms with E-state index in [4.69, 9.17) is 4.74 Å². The Kier molecular flexibility index (Phi) is 5.90. The molecule has 0 saturated carbocycles. The van der Waals surface area contributed by atoms with E-state index in [0.717, 1.165) is 11.3 Å². The van der Waals surface area contributed by atoms with Crippen molar-refractivity contribution >= 4 is 17.6 Å². The van der Waals surface area contributed by atoms with E-state index >= 15 is 0 Å². The maximum atomic E-state index is 12.0. The molecule has 1 amide bonds. The molecule has 5 nitrogen and oxygen atoms in total. The van der Waals surface area contributed by atoms with Gasteiger partial charge in [0.1, 0.15) is 5.54 Å². The summed E-state index contributed by atoms with van der Waals surface area (Å²) >= 11 is 0. The van der Waals surface area contributed by atoms with Gasteiger partial charge in [0, 0.05) is 19.2 Å². The number of nitrogens with one attached hydrogen (secondary N) is 1. The third-order valence-corrected chi connectivity index (χ3v) is 3.40. The van der Waals surface area contributed by atoms with Gasteiger partial charge in [-0.15, -0.1) is 0 Å². The van der Waals surface area contributed by atoms with Crippen molar-refractivity contribution in [2.45, 2.75) is 39.8 Å². The van der Waals surface area contributed by atoms with Crippen LogP contribution in [0.4, 0.5) is 5.69 Å². The fourth-order valence-corrected chi connectivity index (χ4v) is 1.89. The molecule has 116 valence electrons. The number of hydrogen-bond donors (Lipinski definition) is 1. The Morgan fingerprint density at radius 2 is 2.00 bits per heavy atom. The molecule has 0 spiro atoms. The van der Waals surface area contributed by atoms with Gasteiger partial charge in [-0.3, -0.25) is 14.5 Å². The number of ether oxygens (including phenoxy) is 1. The van der Waals surface area contributed by atoms with Gasteiger partial charge in [0.2, 0.25) is 5.91 Å². The molecule has 0 aliphatic carbocycles. The van der Waals surface area contributed by atoms with Crippen molar-refractivity contribution in [3.05, 3.63) is 29.8 Å². The van der Waals surface area contributed by atoms with Crippen LogP contribution in [0.2, 0.25) is 0 Å². The smallest absolute Gasteiger partial charge is 0.325 e. The molecule has 0 bridgehead atoms. The SMILES string of the molecule is CCOC(=O)C(C)(C)N(C)Cc1cccc(NC(C)=O)c1. The first kappa shape index (κ1) is 17.2. The van der Waals surface area contributed by atoms with Gasteiger partial charge in [-0.2, -0.15) is 0 Å². The molecular formula is C16H24N2O3. The third-order valence-electron chi connectivity index (χ3n) is 3.40. The highest BCUT2D eigenvalue weighted by molar-refractivity contribution is 5.88. The highest BCUT2D eigenvalue weighted by Crippen LogP contribution is 2.19. The standard InChI is InChI=1S/C16H24N2O3/c1-6-21-15(20)16(3,4)18(5)11-13-8-7-9-14(10-13)17-12(2)19/h7-10H,6,11H2,1-5H3,(H,17,19). The number of rotatable bonds is 6. The minimum atomic E-state index is -0.708. The van der Waals surface area contributed by atoms with Crippen LogP contribution in [0, 0.1) is 0 Å². The van der Waals surface area contributed by atoms with E-state index in [-0.39, 0.29) is 11.9 Å². The quantitative estimate of drug-likeness (QED) is 0.818. The molecule has 0 heterocycles. The van der Waals surface area contributed by atoms with E-state index in [2.05, 4.69) is 5.32 Å². The molecule has 0 radical (unpaired) electrons. The number of carbonyl (C=O) groups is 2. The number of nitrogens with zero attached hydrogens (tertiary/aromatic N) is 1. The average molecular weight is 292 g/mol. The fourth-order valence-electron chi connectivity index (χ4n) is 1.89. The Balaban J connectivity index is 2.80. The van der Waals surface area contributed by atoms with Gasteiger partial charge in [-0.1, -0.05) is 12.1 Å². The van der Waals surface area contributed by atoms with Crippen LogP contribution in [0.25, 0.3) is 0 Å². The zero-order valence-corrected chi connectivity index (χ0v) is 13.4. The maximum Gasteiger partial charge on any atom is 0.325 e. The minimum Gasteiger partial charge on any atom is -0.465 e. The summed E-state index contributed by atoms with van der Waals surface area (Å²) in [6.07, 6.45) is 0. The van der Waals surface area contributed by atoms with Crippen LogP contribution < -0.4 is 5.32 Å². The normalized spacial score (nSPS) is 11.3. The Morgan fingerprint density at radius 3 is 2.57 bits per heavy atom. The molecule has 0 atom stereocenters. The second-order valence-corrected chi connectivity index (χ2v) is 5.52. The van der Waals surface area contributed by atoms with E-state index < -0.39 is 5.54 Å². The van der Waals surface area contributed by atoms with Gasteiger partial charge in [0.15, 0.2) is 0 Å². The number of hydrogen-bond acceptors (Lipinski definition) is 4. The van der Waals surface area contributed by atoms with Crippen LogP contribution in [-0.2, 0) is 20.9 Å². The van der Waals surface area contributed by atoms with Crippen molar-refractivity contribution in [3.63, 3.8) is 0 Å². The molecule has 1 aromatic carbocycles. The first-order valence-electron chi connectivity index (χ1n) is 7.02. The van der Waals surface area contributed by atoms with Crippen LogP contribution in [0.3, 0.4) is 0 Å². The van der Waals surface area contributed by atoms with Crippen LogP contribution in [0.5, 0.6) is 0 Å². The van der Waals surface area contributed by atoms with Gasteiger partial charge in [-0.05, 0) is 45.5 Å². The van der Waals surface area contributed by atoms with Crippen LogP contribution in [0.15, 0.2) is 24.3 Å². The first-order valence-corrected chi connectivity index (χ1v) is 7.02. The van der Waals surface area contributed by atoms with Crippen LogP contribution in [-0.4, -0.2) is 36.0 Å². The average Bonchev–Trinajstić information content (AvgIpc) is 2.38. The van der Waals surface area contributed by atoms with E-state index in [1.165, 1.54) is 6.92 Å². The van der Waals surface area contributed by atoms with E-state index in [9.17, 15) is 9.59 Å². The molecule has 0 fully saturated rings. The zero-order valence-electron chi connectivity index (χ0n) is 13.4. The molecule has 0 saturated heterocycles. The summed E-state index contributed by atoms with van der Waals surface area (Å²) in [4.78, 5) is 25.0. The van der Waals surface area contributed by atoms with Crippen molar-refractivity contribution < 1.29 is 14.3 Å². The summed E-state index contributed by atoms with van der Waals surface area (Å²) in [7, 11) is 1.88. The van der Waals surface area contributed by atoms with Gasteiger partial charge >= 0.3 is 5.97 Å². The number of benzene rings is 1. The van der Waals surface area contributed by atoms with E-state index in [1.54, 1.807) is 6.92 Å². The van der Waals surface area contributed by atoms with Crippen molar-refractivity contribution in [1.29, 1.82) is 0 Å². The van der Waals surface area contributed by atoms with Gasteiger partial charge in [0.05, 0.1) is 6.61 Å². The lowest BCUT2D eigenvalue weighted by Gasteiger charge is -2.33. The molecule has 5 heteroatoms. The van der Waals surface area contributed by atoms with Crippen molar-refractivity contribution in [3.8, 4) is 0 Å². The third kappa shape index (κ3) is 4.86. The summed E-state index contributed by atoms with van der Waals surface area (Å²) in [6, 6.07) is 7.58. The second-order valence-electron chi connectivity index (χ2n) is 5.52. The molecule has 1 N–H and O–H groups in total. The number of anilines is 1. The zero-order chi connectivity index (χ0) is 16.0. The van der Waals surface area contributed by atoms with Crippen molar-refractivity contribution in [1.82, 2.24) is 4.90 Å². The summed E-state index contributed by atoms with van der Waals surface area (Å²) < 4.78 is 5.10. The Bertz CT molecular complexity index is 512. The van der Waals surface area contributed by atoms with Gasteiger partial charge in [0.25, 0.3) is 0 Å². The lowest BCUT2D eigenvalue weighted by Crippen LogP contribution is -2.48. The maximum absolute atomic E-state index is 12.0. The van der Waals surface area contributed by atoms with E-state index in [1.807, 2.05) is 50.1 Å². The lowest BCUT2D eigenvalue weighted by molar-refractivity contribution is -0.155. The first-order chi connectivity index (χ1) is 9.77. The fraction of sp³-hybridized carbons (Fsp3) is 0.500. The molecular weight excluding hydrogens is 268 g/mol. The van der Waals surface area contributed by atoms with Gasteiger partial charge in [-0.25, -0.2) is 0 Å². The molecule has 1 aromatic rings. The second kappa shape index (κ2) is 7.22. The van der Waals surface area contributed by atoms with Crippen molar-refractivity contribution in [2.24, 2.45) is 0 Å². The number of likely N-dealkylation sites (N-methyl/N-ethyl adjacent to an activating group) is 1. The largest absolute Gasteiger partial charge is 0.465 e. The highest BCUT2D eigenvalue weighted by Gasteiger charge is 2.33. The topological polar surface area (TPSA) is 58.6 Å². The number of carbonyl (C=O) groups excluding carboxylic acids is 2. The molecule has 0 aliphatic rings. The molecule has 1 rings (SSSR count). The molecule has 0 aliphatic heterocycles. The Hall–Kier alpha value is -1.88. The van der Waals surface area contributed by atoms with Crippen molar-refractivity contribution in [2.75, 3.05) is 19.0 Å². The molecule has 0 aromatic heterocycles. The van der Waals surface area contributed by atoms with Crippen LogP contribution in [0.1, 0.15) is 33.3 Å². The summed E-state index contributed by atoms with van der Waals surface area (Å²) in [6.45, 7) is 7.90. The Morgan fingerprint density at radius 1 is 1.33 bits per heavy atom. The Labute approximate surface area is 126 Å². The number of esters is 1. The predicted molar refractivity (Wildman–Crippen MR) is 82.9 cm³/mol. The molecule has 0 unspecified atom stereocenters. The summed E-state index contributed by atoms with van der Waals surface area (Å²) in [5.41, 5.74) is 1.06. The minimum absolute atomic E-state index is 0.104. The number of amides is 1. The summed E-state index contributed by atoms with van der Waals surface area (Å²) in [5.74, 6) is -0.349. The highest BCUT2D eigenvalue weighted by atomic mass is 16.5. The van der Waals surface area contributed by atoms with E-state index in [0.29, 0.717) is 13.2 Å². The van der Waals surface area contributed by atoms with Gasteiger partial charge < -0.3 is 10.1 Å². The predicted octanol–water partition coefficient (Wildman–Crippen LogP) is 2.42. The lowest BCUT2D eigenvalue weighted by atomic mass is 10.0. The molecule has 21 heavy (non-hydrogen) atoms. The monoisotopic (exact) mass is 292 g/mol.